The van der Waals surface area contributed by atoms with Gasteiger partial charge in [-0.3, -0.25) is 14.5 Å². The van der Waals surface area contributed by atoms with E-state index in [4.69, 9.17) is 17.0 Å². The zero-order valence-corrected chi connectivity index (χ0v) is 17.5. The number of aromatic nitrogens is 1. The topological polar surface area (TPSA) is 54.8 Å². The van der Waals surface area contributed by atoms with Crippen molar-refractivity contribution in [1.82, 2.24) is 14.4 Å². The third-order valence-corrected chi connectivity index (χ3v) is 6.34. The molecular weight excluding hydrogens is 406 g/mol. The third kappa shape index (κ3) is 4.01. The number of ether oxygens (including phenoxy) is 1. The number of carbonyl (C=O) groups excluding carboxylic acids is 2. The minimum atomic E-state index is -0.110. The highest BCUT2D eigenvalue weighted by Gasteiger charge is 2.31. The molecule has 1 aromatic carbocycles. The van der Waals surface area contributed by atoms with E-state index in [1.807, 2.05) is 46.0 Å². The Hall–Kier alpha value is -2.42. The summed E-state index contributed by atoms with van der Waals surface area (Å²) in [5.74, 6) is -0.0426. The second kappa shape index (κ2) is 8.52. The molecule has 2 aromatic rings. The van der Waals surface area contributed by atoms with Crippen molar-refractivity contribution >= 4 is 57.1 Å². The van der Waals surface area contributed by atoms with Gasteiger partial charge in [0.1, 0.15) is 10.9 Å². The Morgan fingerprint density at radius 1 is 1.28 bits per heavy atom. The van der Waals surface area contributed by atoms with Crippen molar-refractivity contribution in [3.63, 3.8) is 0 Å². The first-order valence-corrected chi connectivity index (χ1v) is 10.6. The number of carbonyl (C=O) groups is 2. The molecule has 2 amide bonds. The van der Waals surface area contributed by atoms with E-state index in [9.17, 15) is 9.59 Å². The maximum Gasteiger partial charge on any atom is 0.266 e. The van der Waals surface area contributed by atoms with Gasteiger partial charge in [0, 0.05) is 42.3 Å². The average molecular weight is 428 g/mol. The smallest absolute Gasteiger partial charge is 0.266 e. The lowest BCUT2D eigenvalue weighted by molar-refractivity contribution is -0.135. The number of hydrogen-bond donors (Lipinski definition) is 0. The van der Waals surface area contributed by atoms with Gasteiger partial charge in [-0.05, 0) is 12.1 Å². The fraction of sp³-hybridized carbons (Fsp3) is 0.286. The predicted molar refractivity (Wildman–Crippen MR) is 119 cm³/mol. The van der Waals surface area contributed by atoms with Gasteiger partial charge >= 0.3 is 0 Å². The van der Waals surface area contributed by atoms with Gasteiger partial charge in [0.05, 0.1) is 18.1 Å². The van der Waals surface area contributed by atoms with E-state index >= 15 is 0 Å². The van der Waals surface area contributed by atoms with Crippen LogP contribution in [0.4, 0.5) is 0 Å². The largest absolute Gasteiger partial charge is 0.378 e. The average Bonchev–Trinajstić information content (AvgIpc) is 3.21. The molecule has 0 atom stereocenters. The van der Waals surface area contributed by atoms with Crippen molar-refractivity contribution in [2.75, 3.05) is 32.8 Å². The highest BCUT2D eigenvalue weighted by atomic mass is 32.2. The number of rotatable bonds is 5. The molecule has 2 aliphatic rings. The van der Waals surface area contributed by atoms with Crippen LogP contribution in [-0.4, -0.2) is 63.3 Å². The lowest BCUT2D eigenvalue weighted by atomic mass is 10.1. The van der Waals surface area contributed by atoms with Gasteiger partial charge in [-0.2, -0.15) is 0 Å². The number of fused-ring (bicyclic) bond motifs is 1. The summed E-state index contributed by atoms with van der Waals surface area (Å²) in [5.41, 5.74) is 1.86. The van der Waals surface area contributed by atoms with Crippen LogP contribution in [0.1, 0.15) is 5.56 Å². The summed E-state index contributed by atoms with van der Waals surface area (Å²) in [6.07, 6.45) is 5.46. The van der Waals surface area contributed by atoms with Crippen LogP contribution in [0.25, 0.3) is 17.0 Å². The molecule has 1 aromatic heterocycles. The number of morpholine rings is 1. The number of thiocarbonyl (C=S) groups is 1. The van der Waals surface area contributed by atoms with Crippen molar-refractivity contribution < 1.29 is 14.3 Å². The molecular formula is C21H21N3O3S2. The van der Waals surface area contributed by atoms with Gasteiger partial charge in [0.25, 0.3) is 5.91 Å². The first-order chi connectivity index (χ1) is 14.1. The number of amides is 2. The standard InChI is InChI=1S/C21H21N3O3S2/c1-2-7-24-20(26)18(29-21(24)28)12-15-13-23(17-6-4-3-5-16(15)17)14-19(25)22-8-10-27-11-9-22/h2-6,12-13H,1,7-11,14H2/b18-12-. The van der Waals surface area contributed by atoms with Crippen LogP contribution < -0.4 is 0 Å². The SMILES string of the molecule is C=CCN1C(=O)/C(=C/c2cn(CC(=O)N3CCOCC3)c3ccccc23)SC1=S. The Morgan fingerprint density at radius 3 is 2.79 bits per heavy atom. The Morgan fingerprint density at radius 2 is 2.03 bits per heavy atom. The molecule has 0 radical (unpaired) electrons. The van der Waals surface area contributed by atoms with Crippen LogP contribution in [0.15, 0.2) is 48.0 Å². The van der Waals surface area contributed by atoms with Crippen molar-refractivity contribution in [3.05, 3.63) is 53.6 Å². The summed E-state index contributed by atoms with van der Waals surface area (Å²) in [6, 6.07) is 7.89. The molecule has 2 fully saturated rings. The van der Waals surface area contributed by atoms with Crippen LogP contribution in [0.2, 0.25) is 0 Å². The van der Waals surface area contributed by atoms with Gasteiger partial charge in [0.15, 0.2) is 0 Å². The van der Waals surface area contributed by atoms with E-state index in [-0.39, 0.29) is 18.4 Å². The number of thioether (sulfide) groups is 1. The summed E-state index contributed by atoms with van der Waals surface area (Å²) in [7, 11) is 0. The summed E-state index contributed by atoms with van der Waals surface area (Å²) in [6.45, 7) is 6.74. The summed E-state index contributed by atoms with van der Waals surface area (Å²) in [4.78, 5) is 29.3. The highest BCUT2D eigenvalue weighted by molar-refractivity contribution is 8.26. The molecule has 0 spiro atoms. The lowest BCUT2D eigenvalue weighted by Crippen LogP contribution is -2.42. The number of nitrogens with zero attached hydrogens (tertiary/aromatic N) is 3. The molecule has 2 saturated heterocycles. The van der Waals surface area contributed by atoms with E-state index in [0.29, 0.717) is 42.1 Å². The molecule has 2 aliphatic heterocycles. The molecule has 0 unspecified atom stereocenters. The monoisotopic (exact) mass is 427 g/mol. The lowest BCUT2D eigenvalue weighted by Gasteiger charge is -2.27. The second-order valence-electron chi connectivity index (χ2n) is 6.80. The van der Waals surface area contributed by atoms with E-state index in [2.05, 4.69) is 6.58 Å². The van der Waals surface area contributed by atoms with Crippen LogP contribution in [-0.2, 0) is 20.9 Å². The molecule has 8 heteroatoms. The maximum atomic E-state index is 12.7. The van der Waals surface area contributed by atoms with Gasteiger partial charge < -0.3 is 14.2 Å². The molecule has 0 saturated carbocycles. The molecule has 0 aliphatic carbocycles. The zero-order valence-electron chi connectivity index (χ0n) is 15.9. The van der Waals surface area contributed by atoms with Crippen molar-refractivity contribution in [2.45, 2.75) is 6.54 Å². The molecule has 150 valence electrons. The Balaban J connectivity index is 1.64. The Bertz CT molecular complexity index is 1020. The minimum Gasteiger partial charge on any atom is -0.378 e. The number of benzene rings is 1. The Kier molecular flexibility index (Phi) is 5.84. The van der Waals surface area contributed by atoms with Crippen LogP contribution in [0, 0.1) is 0 Å². The van der Waals surface area contributed by atoms with Crippen molar-refractivity contribution in [1.29, 1.82) is 0 Å². The number of hydrogen-bond acceptors (Lipinski definition) is 5. The van der Waals surface area contributed by atoms with E-state index in [1.165, 1.54) is 11.8 Å². The molecule has 0 bridgehead atoms. The van der Waals surface area contributed by atoms with Crippen molar-refractivity contribution in [3.8, 4) is 0 Å². The van der Waals surface area contributed by atoms with Gasteiger partial charge in [-0.25, -0.2) is 0 Å². The first-order valence-electron chi connectivity index (χ1n) is 9.38. The van der Waals surface area contributed by atoms with Gasteiger partial charge in [-0.1, -0.05) is 48.3 Å². The van der Waals surface area contributed by atoms with Gasteiger partial charge in [0.2, 0.25) is 5.91 Å². The van der Waals surface area contributed by atoms with Crippen LogP contribution >= 0.6 is 24.0 Å². The predicted octanol–water partition coefficient (Wildman–Crippen LogP) is 2.89. The number of para-hydroxylation sites is 1. The normalized spacial score (nSPS) is 18.8. The fourth-order valence-electron chi connectivity index (χ4n) is 3.51. The second-order valence-corrected chi connectivity index (χ2v) is 8.48. The van der Waals surface area contributed by atoms with E-state index < -0.39 is 0 Å². The van der Waals surface area contributed by atoms with Crippen LogP contribution in [0.3, 0.4) is 0 Å². The zero-order chi connectivity index (χ0) is 20.4. The summed E-state index contributed by atoms with van der Waals surface area (Å²) in [5, 5.41) is 0.997. The molecule has 0 N–H and O–H groups in total. The third-order valence-electron chi connectivity index (χ3n) is 4.96. The minimum absolute atomic E-state index is 0.0675. The summed E-state index contributed by atoms with van der Waals surface area (Å²) >= 11 is 6.61. The highest BCUT2D eigenvalue weighted by Crippen LogP contribution is 2.34. The van der Waals surface area contributed by atoms with Gasteiger partial charge in [-0.15, -0.1) is 6.58 Å². The Labute approximate surface area is 178 Å². The van der Waals surface area contributed by atoms with Crippen molar-refractivity contribution in [2.24, 2.45) is 0 Å². The molecule has 3 heterocycles. The summed E-state index contributed by atoms with van der Waals surface area (Å²) < 4.78 is 7.81. The fourth-order valence-corrected chi connectivity index (χ4v) is 4.77. The van der Waals surface area contributed by atoms with Crippen LogP contribution in [0.5, 0.6) is 0 Å². The molecule has 4 rings (SSSR count). The molecule has 29 heavy (non-hydrogen) atoms. The maximum absolute atomic E-state index is 12.7. The molecule has 6 nitrogen and oxygen atoms in total. The van der Waals surface area contributed by atoms with E-state index in [0.717, 1.165) is 16.5 Å². The van der Waals surface area contributed by atoms with E-state index in [1.54, 1.807) is 11.0 Å². The quantitative estimate of drug-likeness (QED) is 0.417. The first kappa shape index (κ1) is 19.9.